The Morgan fingerprint density at radius 3 is 2.77 bits per heavy atom. The largest absolute Gasteiger partial charge is 0.288 e. The molecule has 0 atom stereocenters. The highest BCUT2D eigenvalue weighted by Crippen LogP contribution is 2.31. The molecule has 0 bridgehead atoms. The average molecular weight is 410 g/mol. The summed E-state index contributed by atoms with van der Waals surface area (Å²) >= 11 is 13.4. The van der Waals surface area contributed by atoms with E-state index in [-0.39, 0.29) is 22.2 Å². The Hall–Kier alpha value is -2.09. The predicted octanol–water partition coefficient (Wildman–Crippen LogP) is 5.09. The monoisotopic (exact) mass is 409 g/mol. The van der Waals surface area contributed by atoms with E-state index in [0.717, 1.165) is 5.56 Å². The summed E-state index contributed by atoms with van der Waals surface area (Å²) in [7, 11) is 0. The van der Waals surface area contributed by atoms with E-state index in [1.54, 1.807) is 12.1 Å². The van der Waals surface area contributed by atoms with E-state index in [2.05, 4.69) is 4.99 Å². The molecule has 9 heteroatoms. The Kier molecular flexibility index (Phi) is 5.50. The molecule has 2 aromatic rings. The molecule has 3 rings (SSSR count). The third-order valence-electron chi connectivity index (χ3n) is 3.87. The van der Waals surface area contributed by atoms with Crippen molar-refractivity contribution < 1.29 is 9.72 Å². The van der Waals surface area contributed by atoms with Gasteiger partial charge in [-0.15, -0.1) is 0 Å². The summed E-state index contributed by atoms with van der Waals surface area (Å²) in [5.74, 6) is 0.341. The van der Waals surface area contributed by atoms with Gasteiger partial charge in [0.15, 0.2) is 5.17 Å². The fourth-order valence-electron chi connectivity index (χ4n) is 2.44. The molecule has 1 aliphatic heterocycles. The molecule has 6 nitrogen and oxygen atoms in total. The normalized spacial score (nSPS) is 15.5. The van der Waals surface area contributed by atoms with Crippen LogP contribution in [0.25, 0.3) is 0 Å². The molecule has 0 N–H and O–H groups in total. The van der Waals surface area contributed by atoms with Crippen molar-refractivity contribution >= 4 is 57.4 Å². The topological polar surface area (TPSA) is 75.8 Å². The Morgan fingerprint density at radius 2 is 2.04 bits per heavy atom. The number of rotatable bonds is 3. The first-order valence-corrected chi connectivity index (χ1v) is 9.35. The molecule has 134 valence electrons. The zero-order valence-electron chi connectivity index (χ0n) is 13.6. The lowest BCUT2D eigenvalue weighted by atomic mass is 10.2. The molecule has 1 heterocycles. The van der Waals surface area contributed by atoms with E-state index in [0.29, 0.717) is 28.2 Å². The first-order valence-electron chi connectivity index (χ1n) is 7.61. The Balaban J connectivity index is 1.94. The number of amides is 1. The number of nitrogens with zero attached hydrogens (tertiary/aromatic N) is 3. The lowest BCUT2D eigenvalue weighted by Gasteiger charge is -2.16. The summed E-state index contributed by atoms with van der Waals surface area (Å²) in [6.07, 6.45) is 0. The molecule has 0 unspecified atom stereocenters. The van der Waals surface area contributed by atoms with Crippen molar-refractivity contribution in [2.24, 2.45) is 4.99 Å². The van der Waals surface area contributed by atoms with Crippen molar-refractivity contribution in [2.45, 2.75) is 6.92 Å². The van der Waals surface area contributed by atoms with Gasteiger partial charge in [-0.2, -0.15) is 0 Å². The van der Waals surface area contributed by atoms with Gasteiger partial charge in [0.25, 0.3) is 11.6 Å². The quantitative estimate of drug-likeness (QED) is 0.522. The maximum absolute atomic E-state index is 12.8. The maximum Gasteiger partial charge on any atom is 0.288 e. The zero-order valence-corrected chi connectivity index (χ0v) is 15.9. The van der Waals surface area contributed by atoms with Crippen molar-refractivity contribution in [1.29, 1.82) is 0 Å². The van der Waals surface area contributed by atoms with Crippen molar-refractivity contribution in [2.75, 3.05) is 12.3 Å². The number of amidine groups is 1. The van der Waals surface area contributed by atoms with Gasteiger partial charge in [-0.1, -0.05) is 41.0 Å². The number of nitro benzene ring substituents is 1. The summed E-state index contributed by atoms with van der Waals surface area (Å²) in [5, 5.41) is 12.2. The van der Waals surface area contributed by atoms with Gasteiger partial charge in [-0.25, -0.2) is 4.99 Å². The van der Waals surface area contributed by atoms with Crippen LogP contribution < -0.4 is 0 Å². The van der Waals surface area contributed by atoms with Crippen molar-refractivity contribution in [3.05, 3.63) is 67.7 Å². The van der Waals surface area contributed by atoms with Gasteiger partial charge in [0.05, 0.1) is 10.6 Å². The van der Waals surface area contributed by atoms with E-state index in [9.17, 15) is 14.9 Å². The number of thioether (sulfide) groups is 1. The second-order valence-electron chi connectivity index (χ2n) is 5.51. The van der Waals surface area contributed by atoms with Crippen LogP contribution in [0.15, 0.2) is 41.4 Å². The Labute approximate surface area is 164 Å². The smallest absolute Gasteiger partial charge is 0.286 e. The summed E-state index contributed by atoms with van der Waals surface area (Å²) in [5.41, 5.74) is 1.40. The SMILES string of the molecule is Cc1c(Cl)cccc1N=C1SCCN1C(=O)c1ccc(Cl)c([N+](=O)[O-])c1. The fourth-order valence-corrected chi connectivity index (χ4v) is 3.75. The Morgan fingerprint density at radius 1 is 1.27 bits per heavy atom. The van der Waals surface area contributed by atoms with Gasteiger partial charge in [0, 0.05) is 29.0 Å². The molecule has 1 aliphatic rings. The number of halogens is 2. The van der Waals surface area contributed by atoms with Crippen LogP contribution >= 0.6 is 35.0 Å². The molecule has 1 amide bonds. The van der Waals surface area contributed by atoms with Crippen LogP contribution in [-0.4, -0.2) is 33.2 Å². The fraction of sp³-hybridized carbons (Fsp3) is 0.176. The van der Waals surface area contributed by atoms with Crippen LogP contribution in [0.3, 0.4) is 0 Å². The summed E-state index contributed by atoms with van der Waals surface area (Å²) in [6.45, 7) is 2.33. The highest BCUT2D eigenvalue weighted by Gasteiger charge is 2.28. The number of carbonyl (C=O) groups excluding carboxylic acids is 1. The van der Waals surface area contributed by atoms with Gasteiger partial charge in [0.1, 0.15) is 5.02 Å². The van der Waals surface area contributed by atoms with Crippen molar-refractivity contribution in [3.63, 3.8) is 0 Å². The van der Waals surface area contributed by atoms with Crippen LogP contribution in [0.5, 0.6) is 0 Å². The van der Waals surface area contributed by atoms with E-state index < -0.39 is 4.92 Å². The van der Waals surface area contributed by atoms with Gasteiger partial charge < -0.3 is 0 Å². The minimum absolute atomic E-state index is 0.00853. The van der Waals surface area contributed by atoms with Gasteiger partial charge in [-0.3, -0.25) is 19.8 Å². The number of benzene rings is 2. The van der Waals surface area contributed by atoms with Gasteiger partial charge in [0.2, 0.25) is 0 Å². The summed E-state index contributed by atoms with van der Waals surface area (Å²) in [4.78, 5) is 29.3. The minimum atomic E-state index is -0.609. The number of hydrogen-bond acceptors (Lipinski definition) is 5. The predicted molar refractivity (Wildman–Crippen MR) is 105 cm³/mol. The third kappa shape index (κ3) is 3.70. The summed E-state index contributed by atoms with van der Waals surface area (Å²) < 4.78 is 0. The second-order valence-corrected chi connectivity index (χ2v) is 7.38. The molecule has 2 aromatic carbocycles. The van der Waals surface area contributed by atoms with Crippen molar-refractivity contribution in [1.82, 2.24) is 4.90 Å². The number of carbonyl (C=O) groups is 1. The highest BCUT2D eigenvalue weighted by atomic mass is 35.5. The molecule has 0 saturated carbocycles. The first kappa shape index (κ1) is 18.7. The highest BCUT2D eigenvalue weighted by molar-refractivity contribution is 8.14. The van der Waals surface area contributed by atoms with E-state index in [1.807, 2.05) is 13.0 Å². The van der Waals surface area contributed by atoms with E-state index >= 15 is 0 Å². The van der Waals surface area contributed by atoms with Crippen LogP contribution in [0.4, 0.5) is 11.4 Å². The van der Waals surface area contributed by atoms with Crippen LogP contribution in [-0.2, 0) is 0 Å². The summed E-state index contributed by atoms with van der Waals surface area (Å²) in [6, 6.07) is 9.41. The standard InChI is InChI=1S/C17H13Cl2N3O3S/c1-10-12(18)3-2-4-14(10)20-17-21(7-8-26-17)16(23)11-5-6-13(19)15(9-11)22(24)25/h2-6,9H,7-8H2,1H3. The van der Waals surface area contributed by atoms with Gasteiger partial charge >= 0.3 is 0 Å². The average Bonchev–Trinajstić information content (AvgIpc) is 3.06. The molecule has 0 aliphatic carbocycles. The number of aliphatic imine (C=N–C) groups is 1. The molecule has 1 fully saturated rings. The molecule has 0 aromatic heterocycles. The molecular weight excluding hydrogens is 397 g/mol. The lowest BCUT2D eigenvalue weighted by molar-refractivity contribution is -0.384. The van der Waals surface area contributed by atoms with E-state index in [4.69, 9.17) is 23.2 Å². The van der Waals surface area contributed by atoms with Crippen LogP contribution in [0.1, 0.15) is 15.9 Å². The molecule has 1 saturated heterocycles. The number of nitro groups is 1. The minimum Gasteiger partial charge on any atom is -0.286 e. The van der Waals surface area contributed by atoms with Gasteiger partial charge in [-0.05, 0) is 36.8 Å². The Bertz CT molecular complexity index is 933. The second kappa shape index (κ2) is 7.65. The van der Waals surface area contributed by atoms with Crippen molar-refractivity contribution in [3.8, 4) is 0 Å². The molecular formula is C17H13Cl2N3O3S. The maximum atomic E-state index is 12.8. The number of hydrogen-bond donors (Lipinski definition) is 0. The van der Waals surface area contributed by atoms with Crippen LogP contribution in [0, 0.1) is 17.0 Å². The van der Waals surface area contributed by atoms with Crippen LogP contribution in [0.2, 0.25) is 10.0 Å². The molecule has 26 heavy (non-hydrogen) atoms. The lowest BCUT2D eigenvalue weighted by Crippen LogP contribution is -2.31. The zero-order chi connectivity index (χ0) is 18.8. The molecule has 0 radical (unpaired) electrons. The molecule has 0 spiro atoms. The van der Waals surface area contributed by atoms with E-state index in [1.165, 1.54) is 34.9 Å². The first-order chi connectivity index (χ1) is 12.4. The third-order valence-corrected chi connectivity index (χ3v) is 5.55.